The van der Waals surface area contributed by atoms with Gasteiger partial charge in [-0.2, -0.15) is 0 Å². The van der Waals surface area contributed by atoms with Gasteiger partial charge < -0.3 is 11.1 Å². The number of carbonyl (C=O) groups is 1. The van der Waals surface area contributed by atoms with Crippen molar-refractivity contribution in [1.82, 2.24) is 5.32 Å². The summed E-state index contributed by atoms with van der Waals surface area (Å²) in [5.74, 6) is -0.471. The zero-order valence-electron chi connectivity index (χ0n) is 10.5. The second-order valence-electron chi connectivity index (χ2n) is 4.26. The maximum Gasteiger partial charge on any atom is 0.238 e. The second kappa shape index (κ2) is 5.86. The molecule has 0 bridgehead atoms. The molecule has 0 aliphatic carbocycles. The van der Waals surface area contributed by atoms with Crippen LogP contribution >= 0.6 is 0 Å². The summed E-state index contributed by atoms with van der Waals surface area (Å²) in [4.78, 5) is 11.5. The number of sulfone groups is 1. The van der Waals surface area contributed by atoms with Crippen LogP contribution in [-0.4, -0.2) is 32.4 Å². The van der Waals surface area contributed by atoms with Crippen LogP contribution in [0.2, 0.25) is 0 Å². The minimum absolute atomic E-state index is 0.391. The number of benzene rings is 1. The predicted molar refractivity (Wildman–Crippen MR) is 71.9 cm³/mol. The Morgan fingerprint density at radius 2 is 2.11 bits per heavy atom. The summed E-state index contributed by atoms with van der Waals surface area (Å²) in [5.41, 5.74) is 7.30. The summed E-state index contributed by atoms with van der Waals surface area (Å²) in [6.07, 6.45) is 1.67. The van der Waals surface area contributed by atoms with Gasteiger partial charge >= 0.3 is 0 Å². The number of hydrogen-bond donors (Lipinski definition) is 2. The summed E-state index contributed by atoms with van der Waals surface area (Å²) in [7, 11) is -3.34. The van der Waals surface area contributed by atoms with E-state index in [2.05, 4.69) is 5.32 Å². The van der Waals surface area contributed by atoms with Crippen molar-refractivity contribution in [2.24, 2.45) is 0 Å². The van der Waals surface area contributed by atoms with Gasteiger partial charge in [-0.05, 0) is 31.0 Å². The van der Waals surface area contributed by atoms with Crippen LogP contribution in [0.4, 0.5) is 5.69 Å². The summed E-state index contributed by atoms with van der Waals surface area (Å²) in [6.45, 7) is 1.77. The molecule has 1 aromatic carbocycles. The van der Waals surface area contributed by atoms with E-state index in [0.717, 1.165) is 11.8 Å². The number of nitrogen functional groups attached to an aromatic ring is 1. The van der Waals surface area contributed by atoms with Gasteiger partial charge in [0.25, 0.3) is 0 Å². The number of anilines is 1. The van der Waals surface area contributed by atoms with E-state index in [-0.39, 0.29) is 0 Å². The Labute approximate surface area is 107 Å². The Bertz CT molecular complexity index is 526. The van der Waals surface area contributed by atoms with E-state index in [4.69, 9.17) is 5.73 Å². The van der Waals surface area contributed by atoms with Gasteiger partial charge in [-0.3, -0.25) is 4.79 Å². The minimum atomic E-state index is -3.34. The number of hydrogen-bond acceptors (Lipinski definition) is 4. The maximum absolute atomic E-state index is 11.5. The Hall–Kier alpha value is -1.56. The molecule has 0 spiro atoms. The quantitative estimate of drug-likeness (QED) is 0.756. The summed E-state index contributed by atoms with van der Waals surface area (Å²) in [5, 5.41) is 1.58. The van der Waals surface area contributed by atoms with E-state index in [0.29, 0.717) is 18.7 Å². The fourth-order valence-electron chi connectivity index (χ4n) is 1.42. The highest BCUT2D eigenvalue weighted by atomic mass is 32.2. The molecule has 6 heteroatoms. The highest BCUT2D eigenvalue weighted by Crippen LogP contribution is 2.06. The second-order valence-corrected chi connectivity index (χ2v) is 6.62. The molecule has 0 saturated heterocycles. The monoisotopic (exact) mass is 270 g/mol. The van der Waals surface area contributed by atoms with Crippen LogP contribution in [0.3, 0.4) is 0 Å². The molecule has 0 aromatic heterocycles. The Kier molecular flexibility index (Phi) is 4.72. The van der Waals surface area contributed by atoms with Crippen LogP contribution in [0.1, 0.15) is 12.5 Å². The zero-order valence-corrected chi connectivity index (χ0v) is 11.3. The highest BCUT2D eigenvalue weighted by molar-refractivity contribution is 7.92. The number of nitrogens with two attached hydrogens (primary N) is 1. The molecular weight excluding hydrogens is 252 g/mol. The lowest BCUT2D eigenvalue weighted by atomic mass is 10.1. The number of rotatable bonds is 5. The van der Waals surface area contributed by atoms with Crippen molar-refractivity contribution in [3.05, 3.63) is 29.8 Å². The fourth-order valence-corrected chi connectivity index (χ4v) is 1.89. The first-order valence-corrected chi connectivity index (χ1v) is 7.57. The molecule has 0 fully saturated rings. The summed E-state index contributed by atoms with van der Waals surface area (Å²) in [6, 6.07) is 7.36. The third kappa shape index (κ3) is 4.37. The zero-order chi connectivity index (χ0) is 13.8. The molecule has 0 aliphatic rings. The van der Waals surface area contributed by atoms with Crippen molar-refractivity contribution < 1.29 is 13.2 Å². The molecule has 0 aliphatic heterocycles. The average Bonchev–Trinajstić information content (AvgIpc) is 2.26. The van der Waals surface area contributed by atoms with E-state index >= 15 is 0 Å². The van der Waals surface area contributed by atoms with Crippen LogP contribution in [0.15, 0.2) is 24.3 Å². The predicted octanol–water partition coefficient (Wildman–Crippen LogP) is 0.361. The molecule has 0 heterocycles. The van der Waals surface area contributed by atoms with Gasteiger partial charge in [0, 0.05) is 18.5 Å². The topological polar surface area (TPSA) is 89.3 Å². The molecule has 1 atom stereocenters. The molecule has 18 heavy (non-hydrogen) atoms. The van der Waals surface area contributed by atoms with Crippen molar-refractivity contribution >= 4 is 21.4 Å². The van der Waals surface area contributed by atoms with Gasteiger partial charge in [0.15, 0.2) is 9.84 Å². The van der Waals surface area contributed by atoms with Crippen molar-refractivity contribution in [3.63, 3.8) is 0 Å². The van der Waals surface area contributed by atoms with E-state index < -0.39 is 21.0 Å². The first-order chi connectivity index (χ1) is 8.30. The third-order valence-electron chi connectivity index (χ3n) is 2.68. The van der Waals surface area contributed by atoms with E-state index in [1.807, 2.05) is 18.2 Å². The molecule has 0 saturated carbocycles. The van der Waals surface area contributed by atoms with Gasteiger partial charge in [0.05, 0.1) is 0 Å². The van der Waals surface area contributed by atoms with Crippen molar-refractivity contribution in [2.45, 2.75) is 18.6 Å². The Balaban J connectivity index is 2.45. The Morgan fingerprint density at radius 3 is 2.67 bits per heavy atom. The lowest BCUT2D eigenvalue weighted by Crippen LogP contribution is -2.38. The standard InChI is InChI=1S/C12H18N2O3S/c1-9(18(2,16)17)12(15)14-7-6-10-4-3-5-11(13)8-10/h3-5,8-9H,6-7,13H2,1-2H3,(H,14,15). The van der Waals surface area contributed by atoms with Crippen LogP contribution in [-0.2, 0) is 21.1 Å². The molecule has 0 radical (unpaired) electrons. The molecule has 1 unspecified atom stereocenters. The van der Waals surface area contributed by atoms with Crippen molar-refractivity contribution in [1.29, 1.82) is 0 Å². The number of carbonyl (C=O) groups excluding carboxylic acids is 1. The fraction of sp³-hybridized carbons (Fsp3) is 0.417. The normalized spacial score (nSPS) is 13.0. The number of amides is 1. The van der Waals surface area contributed by atoms with E-state index in [1.54, 1.807) is 6.07 Å². The van der Waals surface area contributed by atoms with Crippen molar-refractivity contribution in [2.75, 3.05) is 18.5 Å². The smallest absolute Gasteiger partial charge is 0.238 e. The summed E-state index contributed by atoms with van der Waals surface area (Å²) < 4.78 is 22.3. The minimum Gasteiger partial charge on any atom is -0.399 e. The lowest BCUT2D eigenvalue weighted by molar-refractivity contribution is -0.120. The molecule has 1 rings (SSSR count). The van der Waals surface area contributed by atoms with Crippen LogP contribution in [0.5, 0.6) is 0 Å². The molecule has 5 nitrogen and oxygen atoms in total. The van der Waals surface area contributed by atoms with E-state index in [9.17, 15) is 13.2 Å². The Morgan fingerprint density at radius 1 is 1.44 bits per heavy atom. The van der Waals surface area contributed by atoms with Crippen LogP contribution < -0.4 is 11.1 Å². The molecule has 1 amide bonds. The van der Waals surface area contributed by atoms with Crippen LogP contribution in [0.25, 0.3) is 0 Å². The summed E-state index contributed by atoms with van der Waals surface area (Å²) >= 11 is 0. The van der Waals surface area contributed by atoms with E-state index in [1.165, 1.54) is 6.92 Å². The SMILES string of the molecule is CC(C(=O)NCCc1cccc(N)c1)S(C)(=O)=O. The van der Waals surface area contributed by atoms with Gasteiger partial charge in [0.2, 0.25) is 5.91 Å². The lowest BCUT2D eigenvalue weighted by Gasteiger charge is -2.10. The van der Waals surface area contributed by atoms with Gasteiger partial charge in [-0.1, -0.05) is 12.1 Å². The molecule has 100 valence electrons. The van der Waals surface area contributed by atoms with Gasteiger partial charge in [-0.15, -0.1) is 0 Å². The van der Waals surface area contributed by atoms with Crippen LogP contribution in [0, 0.1) is 0 Å². The largest absolute Gasteiger partial charge is 0.399 e. The maximum atomic E-state index is 11.5. The molecule has 3 N–H and O–H groups in total. The third-order valence-corrected chi connectivity index (χ3v) is 4.17. The molecule has 1 aromatic rings. The first-order valence-electron chi connectivity index (χ1n) is 5.61. The highest BCUT2D eigenvalue weighted by Gasteiger charge is 2.22. The number of nitrogens with one attached hydrogen (secondary N) is 1. The van der Waals surface area contributed by atoms with Gasteiger partial charge in [0.1, 0.15) is 5.25 Å². The first kappa shape index (κ1) is 14.5. The van der Waals surface area contributed by atoms with Gasteiger partial charge in [-0.25, -0.2) is 8.42 Å². The molecular formula is C12H18N2O3S. The van der Waals surface area contributed by atoms with Crippen molar-refractivity contribution in [3.8, 4) is 0 Å². The average molecular weight is 270 g/mol.